The first-order valence-electron chi connectivity index (χ1n) is 5.02. The highest BCUT2D eigenvalue weighted by atomic mass is 32.1. The molecular weight excluding hydrogens is 216 g/mol. The van der Waals surface area contributed by atoms with Gasteiger partial charge in [0.1, 0.15) is 0 Å². The third kappa shape index (κ3) is 1.41. The van der Waals surface area contributed by atoms with Crippen molar-refractivity contribution in [2.24, 2.45) is 0 Å². The maximum absolute atomic E-state index is 5.78. The summed E-state index contributed by atoms with van der Waals surface area (Å²) < 4.78 is 0. The summed E-state index contributed by atoms with van der Waals surface area (Å²) in [7, 11) is 0. The summed E-state index contributed by atoms with van der Waals surface area (Å²) in [5, 5.41) is 2.16. The Labute approximate surface area is 98.5 Å². The molecule has 2 N–H and O–H groups in total. The number of aromatic nitrogens is 1. The number of hydrogen-bond donors (Lipinski definition) is 2. The van der Waals surface area contributed by atoms with Gasteiger partial charge >= 0.3 is 0 Å². The van der Waals surface area contributed by atoms with E-state index in [1.807, 2.05) is 36.4 Å². The Kier molecular flexibility index (Phi) is 2.01. The zero-order chi connectivity index (χ0) is 11.1. The first kappa shape index (κ1) is 9.48. The summed E-state index contributed by atoms with van der Waals surface area (Å²) in [6.07, 6.45) is 0. The smallest absolute Gasteiger partial charge is 0.0741 e. The van der Waals surface area contributed by atoms with Gasteiger partial charge in [-0.2, -0.15) is 0 Å². The molecule has 0 aliphatic rings. The molecule has 0 radical (unpaired) electrons. The van der Waals surface area contributed by atoms with Crippen molar-refractivity contribution in [1.82, 2.24) is 4.98 Å². The normalized spacial score (nSPS) is 11.1. The Bertz CT molecular complexity index is 692. The third-order valence-corrected chi connectivity index (χ3v) is 3.01. The maximum Gasteiger partial charge on any atom is 0.0741 e. The largest absolute Gasteiger partial charge is 0.399 e. The van der Waals surface area contributed by atoms with Crippen LogP contribution in [0, 0.1) is 0 Å². The molecule has 2 nitrogen and oxygen atoms in total. The van der Waals surface area contributed by atoms with Crippen LogP contribution in [-0.2, 0) is 0 Å². The molecule has 0 aliphatic heterocycles. The summed E-state index contributed by atoms with van der Waals surface area (Å²) in [5.41, 5.74) is 8.35. The molecule has 0 saturated carbocycles. The van der Waals surface area contributed by atoms with Crippen molar-refractivity contribution in [3.8, 4) is 0 Å². The van der Waals surface area contributed by atoms with Crippen LogP contribution in [0.25, 0.3) is 21.8 Å². The van der Waals surface area contributed by atoms with Crippen LogP contribution in [0.15, 0.2) is 47.4 Å². The SMILES string of the molecule is Nc1cc(S)c2cc3ccccc3nc2c1. The monoisotopic (exact) mass is 226 g/mol. The second-order valence-electron chi connectivity index (χ2n) is 3.79. The molecule has 3 aromatic rings. The number of fused-ring (bicyclic) bond motifs is 2. The summed E-state index contributed by atoms with van der Waals surface area (Å²) in [4.78, 5) is 5.44. The van der Waals surface area contributed by atoms with Crippen molar-refractivity contribution < 1.29 is 0 Å². The van der Waals surface area contributed by atoms with Crippen LogP contribution in [0.4, 0.5) is 5.69 Å². The van der Waals surface area contributed by atoms with Gasteiger partial charge in [0.05, 0.1) is 11.0 Å². The van der Waals surface area contributed by atoms with Crippen molar-refractivity contribution in [3.05, 3.63) is 42.5 Å². The van der Waals surface area contributed by atoms with Crippen LogP contribution >= 0.6 is 12.6 Å². The van der Waals surface area contributed by atoms with Gasteiger partial charge in [0.15, 0.2) is 0 Å². The van der Waals surface area contributed by atoms with Gasteiger partial charge in [-0.1, -0.05) is 18.2 Å². The lowest BCUT2D eigenvalue weighted by molar-refractivity contribution is 1.45. The molecule has 78 valence electrons. The molecule has 3 rings (SSSR count). The summed E-state index contributed by atoms with van der Waals surface area (Å²) in [6, 6.07) is 13.9. The first-order chi connectivity index (χ1) is 7.74. The minimum Gasteiger partial charge on any atom is -0.399 e. The van der Waals surface area contributed by atoms with E-state index in [-0.39, 0.29) is 0 Å². The van der Waals surface area contributed by atoms with Crippen molar-refractivity contribution in [2.45, 2.75) is 4.90 Å². The number of benzene rings is 2. The Morgan fingerprint density at radius 2 is 1.81 bits per heavy atom. The fourth-order valence-electron chi connectivity index (χ4n) is 1.88. The second-order valence-corrected chi connectivity index (χ2v) is 4.27. The second kappa shape index (κ2) is 3.39. The predicted octanol–water partition coefficient (Wildman–Crippen LogP) is 3.26. The molecule has 1 aromatic heterocycles. The summed E-state index contributed by atoms with van der Waals surface area (Å²) >= 11 is 4.43. The lowest BCUT2D eigenvalue weighted by atomic mass is 10.1. The molecule has 0 fully saturated rings. The van der Waals surface area contributed by atoms with Gasteiger partial charge in [0.25, 0.3) is 0 Å². The van der Waals surface area contributed by atoms with Gasteiger partial charge in [0.2, 0.25) is 0 Å². The highest BCUT2D eigenvalue weighted by Crippen LogP contribution is 2.27. The molecule has 1 heterocycles. The van der Waals surface area contributed by atoms with Gasteiger partial charge < -0.3 is 5.73 Å². The number of nitrogens with two attached hydrogens (primary N) is 1. The first-order valence-corrected chi connectivity index (χ1v) is 5.47. The molecule has 0 spiro atoms. The fourth-order valence-corrected chi connectivity index (χ4v) is 2.21. The number of hydrogen-bond acceptors (Lipinski definition) is 3. The number of rotatable bonds is 0. The molecule has 0 bridgehead atoms. The average Bonchev–Trinajstić information content (AvgIpc) is 2.27. The number of nitrogens with zero attached hydrogens (tertiary/aromatic N) is 1. The van der Waals surface area contributed by atoms with Gasteiger partial charge in [-0.15, -0.1) is 12.6 Å². The molecule has 0 unspecified atom stereocenters. The number of anilines is 1. The quantitative estimate of drug-likeness (QED) is 0.351. The van der Waals surface area contributed by atoms with Crippen molar-refractivity contribution in [1.29, 1.82) is 0 Å². The van der Waals surface area contributed by atoms with E-state index in [0.717, 1.165) is 26.7 Å². The lowest BCUT2D eigenvalue weighted by Crippen LogP contribution is -1.88. The van der Waals surface area contributed by atoms with E-state index in [9.17, 15) is 0 Å². The highest BCUT2D eigenvalue weighted by Gasteiger charge is 2.03. The Morgan fingerprint density at radius 1 is 1.00 bits per heavy atom. The van der Waals surface area contributed by atoms with Gasteiger partial charge in [-0.3, -0.25) is 0 Å². The molecule has 2 aromatic carbocycles. The summed E-state index contributed by atoms with van der Waals surface area (Å²) in [5.74, 6) is 0. The van der Waals surface area contributed by atoms with Crippen LogP contribution in [0.2, 0.25) is 0 Å². The number of nitrogen functional groups attached to an aromatic ring is 1. The van der Waals surface area contributed by atoms with Crippen molar-refractivity contribution >= 4 is 40.1 Å². The van der Waals surface area contributed by atoms with Crippen LogP contribution in [0.3, 0.4) is 0 Å². The van der Waals surface area contributed by atoms with E-state index in [1.165, 1.54) is 0 Å². The number of thiol groups is 1. The molecule has 0 amide bonds. The van der Waals surface area contributed by atoms with E-state index in [1.54, 1.807) is 0 Å². The molecule has 0 saturated heterocycles. The van der Waals surface area contributed by atoms with Gasteiger partial charge in [0, 0.05) is 21.4 Å². The van der Waals surface area contributed by atoms with Crippen LogP contribution in [0.1, 0.15) is 0 Å². The van der Waals surface area contributed by atoms with Crippen molar-refractivity contribution in [2.75, 3.05) is 5.73 Å². The van der Waals surface area contributed by atoms with Crippen LogP contribution < -0.4 is 5.73 Å². The van der Waals surface area contributed by atoms with Gasteiger partial charge in [-0.25, -0.2) is 4.98 Å². The summed E-state index contributed by atoms with van der Waals surface area (Å²) in [6.45, 7) is 0. The Hall–Kier alpha value is -1.74. The van der Waals surface area contributed by atoms with E-state index in [0.29, 0.717) is 5.69 Å². The van der Waals surface area contributed by atoms with Crippen molar-refractivity contribution in [3.63, 3.8) is 0 Å². The van der Waals surface area contributed by atoms with E-state index >= 15 is 0 Å². The minimum absolute atomic E-state index is 0.695. The highest BCUT2D eigenvalue weighted by molar-refractivity contribution is 7.80. The average molecular weight is 226 g/mol. The lowest BCUT2D eigenvalue weighted by Gasteiger charge is -2.05. The Morgan fingerprint density at radius 3 is 2.69 bits per heavy atom. The molecule has 0 aliphatic carbocycles. The van der Waals surface area contributed by atoms with Crippen LogP contribution in [-0.4, -0.2) is 4.98 Å². The molecule has 16 heavy (non-hydrogen) atoms. The fraction of sp³-hybridized carbons (Fsp3) is 0. The number of pyridine rings is 1. The number of para-hydroxylation sites is 1. The van der Waals surface area contributed by atoms with E-state index < -0.39 is 0 Å². The standard InChI is InChI=1S/C13H10N2S/c14-9-6-12-10(13(16)7-9)5-8-3-1-2-4-11(8)15-12/h1-7,16H,14H2. The molecule has 0 atom stereocenters. The molecule has 3 heteroatoms. The zero-order valence-electron chi connectivity index (χ0n) is 8.51. The topological polar surface area (TPSA) is 38.9 Å². The predicted molar refractivity (Wildman–Crippen MR) is 70.9 cm³/mol. The minimum atomic E-state index is 0.695. The van der Waals surface area contributed by atoms with E-state index in [4.69, 9.17) is 5.73 Å². The zero-order valence-corrected chi connectivity index (χ0v) is 9.41. The molecular formula is C13H10N2S. The van der Waals surface area contributed by atoms with E-state index in [2.05, 4.69) is 23.7 Å². The maximum atomic E-state index is 5.78. The Balaban J connectivity index is 2.51. The van der Waals surface area contributed by atoms with Crippen LogP contribution in [0.5, 0.6) is 0 Å². The van der Waals surface area contributed by atoms with Gasteiger partial charge in [-0.05, 0) is 24.3 Å². The third-order valence-electron chi connectivity index (χ3n) is 2.64.